The van der Waals surface area contributed by atoms with Gasteiger partial charge in [-0.25, -0.2) is 4.79 Å². The van der Waals surface area contributed by atoms with Gasteiger partial charge in [-0.15, -0.1) is 0 Å². The molecule has 4 rings (SSSR count). The highest BCUT2D eigenvalue weighted by Gasteiger charge is 2.21. The molecule has 0 saturated carbocycles. The average molecular weight is 446 g/mol. The number of rotatable bonds is 7. The van der Waals surface area contributed by atoms with Crippen molar-refractivity contribution in [1.82, 2.24) is 14.1 Å². The number of carbonyl (C=O) groups is 1. The van der Waals surface area contributed by atoms with E-state index in [4.69, 9.17) is 5.11 Å². The van der Waals surface area contributed by atoms with E-state index in [-0.39, 0.29) is 13.0 Å². The number of H-pyrrole nitrogens is 1. The zero-order valence-corrected chi connectivity index (χ0v) is 18.9. The van der Waals surface area contributed by atoms with Crippen LogP contribution < -0.4 is 11.2 Å². The maximum Gasteiger partial charge on any atom is 0.332 e. The zero-order chi connectivity index (χ0) is 23.7. The fourth-order valence-corrected chi connectivity index (χ4v) is 4.16. The third kappa shape index (κ3) is 4.26. The van der Waals surface area contributed by atoms with Crippen molar-refractivity contribution < 1.29 is 9.90 Å². The summed E-state index contributed by atoms with van der Waals surface area (Å²) in [7, 11) is 0. The topological polar surface area (TPSA) is 97.1 Å². The minimum atomic E-state index is -1.06. The molecule has 0 aliphatic heterocycles. The molecule has 0 aliphatic rings. The molecule has 1 unspecified atom stereocenters. The Labute approximate surface area is 190 Å². The normalized spacial score (nSPS) is 12.8. The summed E-state index contributed by atoms with van der Waals surface area (Å²) in [6.45, 7) is 5.89. The van der Waals surface area contributed by atoms with Crippen LogP contribution in [-0.2, 0) is 11.3 Å². The average Bonchev–Trinajstić information content (AvgIpc) is 3.21. The summed E-state index contributed by atoms with van der Waals surface area (Å²) in [4.78, 5) is 41.1. The van der Waals surface area contributed by atoms with E-state index in [1.807, 2.05) is 55.6 Å². The fourth-order valence-electron chi connectivity index (χ4n) is 4.16. The van der Waals surface area contributed by atoms with Crippen molar-refractivity contribution in [3.05, 3.63) is 86.7 Å². The van der Waals surface area contributed by atoms with Gasteiger partial charge in [-0.2, -0.15) is 0 Å². The van der Waals surface area contributed by atoms with Crippen LogP contribution in [0.4, 0.5) is 0 Å². The summed E-state index contributed by atoms with van der Waals surface area (Å²) < 4.78 is 2.63. The quantitative estimate of drug-likeness (QED) is 0.441. The Hall–Kier alpha value is -3.87. The number of benzene rings is 2. The number of aliphatic carboxylic acids is 1. The highest BCUT2D eigenvalue weighted by molar-refractivity contribution is 5.85. The maximum atomic E-state index is 13.6. The molecular formula is C26H27N3O4. The molecule has 33 heavy (non-hydrogen) atoms. The van der Waals surface area contributed by atoms with Crippen molar-refractivity contribution in [1.29, 1.82) is 0 Å². The number of allylic oxidation sites excluding steroid dienone is 1. The highest BCUT2D eigenvalue weighted by atomic mass is 16.4. The molecule has 2 aromatic carbocycles. The molecule has 0 fully saturated rings. The van der Waals surface area contributed by atoms with E-state index in [1.54, 1.807) is 10.6 Å². The molecule has 2 heterocycles. The van der Waals surface area contributed by atoms with Crippen LogP contribution in [0.1, 0.15) is 44.4 Å². The molecule has 0 aliphatic carbocycles. The second-order valence-corrected chi connectivity index (χ2v) is 8.60. The molecular weight excluding hydrogens is 418 g/mol. The van der Waals surface area contributed by atoms with Gasteiger partial charge in [-0.05, 0) is 36.6 Å². The lowest BCUT2D eigenvalue weighted by atomic mass is 10.0. The van der Waals surface area contributed by atoms with E-state index < -0.39 is 23.3 Å². The van der Waals surface area contributed by atoms with E-state index in [1.165, 1.54) is 0 Å². The Balaban J connectivity index is 1.99. The predicted octanol–water partition coefficient (Wildman–Crippen LogP) is 4.40. The molecule has 0 amide bonds. The van der Waals surface area contributed by atoms with Crippen LogP contribution in [0.25, 0.3) is 27.9 Å². The minimum Gasteiger partial charge on any atom is -0.481 e. The maximum absolute atomic E-state index is 13.6. The zero-order valence-electron chi connectivity index (χ0n) is 18.9. The summed E-state index contributed by atoms with van der Waals surface area (Å²) >= 11 is 0. The SMILES string of the molecule is CC(C)C=Cc1ccc2c(=O)n(CCC(=O)O)c(=O)n(C(C)c3c[nH]c4ccccc34)c2c1. The van der Waals surface area contributed by atoms with Crippen LogP contribution in [0.2, 0.25) is 0 Å². The van der Waals surface area contributed by atoms with Crippen LogP contribution in [0, 0.1) is 5.92 Å². The Morgan fingerprint density at radius 2 is 1.85 bits per heavy atom. The Morgan fingerprint density at radius 1 is 1.09 bits per heavy atom. The number of nitrogens with one attached hydrogen (secondary N) is 1. The number of aromatic nitrogens is 3. The van der Waals surface area contributed by atoms with Crippen molar-refractivity contribution in [3.63, 3.8) is 0 Å². The Kier molecular flexibility index (Phi) is 6.05. The first-order valence-corrected chi connectivity index (χ1v) is 11.0. The van der Waals surface area contributed by atoms with Gasteiger partial charge in [0.2, 0.25) is 0 Å². The third-order valence-corrected chi connectivity index (χ3v) is 5.88. The second kappa shape index (κ2) is 8.94. The van der Waals surface area contributed by atoms with E-state index in [9.17, 15) is 14.4 Å². The van der Waals surface area contributed by atoms with E-state index in [2.05, 4.69) is 24.9 Å². The third-order valence-electron chi connectivity index (χ3n) is 5.88. The van der Waals surface area contributed by atoms with Crippen molar-refractivity contribution in [2.75, 3.05) is 0 Å². The molecule has 170 valence electrons. The summed E-state index contributed by atoms with van der Waals surface area (Å²) in [5.74, 6) is -0.705. The lowest BCUT2D eigenvalue weighted by Crippen LogP contribution is -2.41. The summed E-state index contributed by atoms with van der Waals surface area (Å²) in [5, 5.41) is 10.5. The van der Waals surface area contributed by atoms with Gasteiger partial charge in [0.25, 0.3) is 5.56 Å². The first-order chi connectivity index (χ1) is 15.8. The smallest absolute Gasteiger partial charge is 0.332 e. The molecule has 7 heteroatoms. The minimum absolute atomic E-state index is 0.182. The Bertz CT molecular complexity index is 1490. The van der Waals surface area contributed by atoms with Gasteiger partial charge in [0, 0.05) is 29.2 Å². The molecule has 0 radical (unpaired) electrons. The number of fused-ring (bicyclic) bond motifs is 2. The van der Waals surface area contributed by atoms with Gasteiger partial charge in [-0.1, -0.05) is 50.3 Å². The monoisotopic (exact) mass is 445 g/mol. The standard InChI is InChI=1S/C26H27N3O4/c1-16(2)8-9-18-10-11-20-23(14-18)29(26(33)28(25(20)32)13-12-24(30)31)17(3)21-15-27-22-7-5-4-6-19(21)22/h4-11,14-17,27H,12-13H2,1-3H3,(H,30,31). The van der Waals surface area contributed by atoms with Crippen LogP contribution in [0.3, 0.4) is 0 Å². The molecule has 7 nitrogen and oxygen atoms in total. The molecule has 0 bridgehead atoms. The lowest BCUT2D eigenvalue weighted by Gasteiger charge is -2.20. The van der Waals surface area contributed by atoms with Crippen molar-refractivity contribution in [2.24, 2.45) is 5.92 Å². The van der Waals surface area contributed by atoms with Crippen molar-refractivity contribution in [3.8, 4) is 0 Å². The van der Waals surface area contributed by atoms with Crippen LogP contribution in [0.15, 0.2) is 64.3 Å². The lowest BCUT2D eigenvalue weighted by molar-refractivity contribution is -0.137. The number of hydrogen-bond donors (Lipinski definition) is 2. The van der Waals surface area contributed by atoms with Crippen LogP contribution in [-0.4, -0.2) is 25.2 Å². The number of aromatic amines is 1. The fraction of sp³-hybridized carbons (Fsp3) is 0.269. The van der Waals surface area contributed by atoms with Gasteiger partial charge in [0.05, 0.1) is 23.4 Å². The number of para-hydroxylation sites is 1. The molecule has 0 saturated heterocycles. The first-order valence-electron chi connectivity index (χ1n) is 11.0. The van der Waals surface area contributed by atoms with E-state index in [0.29, 0.717) is 16.8 Å². The second-order valence-electron chi connectivity index (χ2n) is 8.60. The molecule has 4 aromatic rings. The van der Waals surface area contributed by atoms with E-state index in [0.717, 1.165) is 26.6 Å². The number of hydrogen-bond acceptors (Lipinski definition) is 3. The summed E-state index contributed by atoms with van der Waals surface area (Å²) in [5.41, 5.74) is 2.30. The number of nitrogens with zero attached hydrogens (tertiary/aromatic N) is 2. The molecule has 1 atom stereocenters. The van der Waals surface area contributed by atoms with E-state index >= 15 is 0 Å². The van der Waals surface area contributed by atoms with Crippen LogP contribution >= 0.6 is 0 Å². The molecule has 2 N–H and O–H groups in total. The van der Waals surface area contributed by atoms with Crippen LogP contribution in [0.5, 0.6) is 0 Å². The molecule has 2 aromatic heterocycles. The molecule has 0 spiro atoms. The Morgan fingerprint density at radius 3 is 2.58 bits per heavy atom. The largest absolute Gasteiger partial charge is 0.481 e. The summed E-state index contributed by atoms with van der Waals surface area (Å²) in [6.07, 6.45) is 5.60. The van der Waals surface area contributed by atoms with Gasteiger partial charge >= 0.3 is 11.7 Å². The van der Waals surface area contributed by atoms with Crippen molar-refractivity contribution in [2.45, 2.75) is 39.8 Å². The highest BCUT2D eigenvalue weighted by Crippen LogP contribution is 2.28. The number of carboxylic acids is 1. The van der Waals surface area contributed by atoms with Gasteiger partial charge < -0.3 is 10.1 Å². The number of carboxylic acid groups (broad SMARTS) is 1. The first kappa shape index (κ1) is 22.3. The van der Waals surface area contributed by atoms with Gasteiger partial charge in [0.1, 0.15) is 0 Å². The summed E-state index contributed by atoms with van der Waals surface area (Å²) in [6, 6.07) is 12.9. The van der Waals surface area contributed by atoms with Crippen molar-refractivity contribution >= 4 is 33.9 Å². The van der Waals surface area contributed by atoms with Gasteiger partial charge in [0.15, 0.2) is 0 Å². The predicted molar refractivity (Wildman–Crippen MR) is 131 cm³/mol. The van der Waals surface area contributed by atoms with Gasteiger partial charge in [-0.3, -0.25) is 18.7 Å².